The summed E-state index contributed by atoms with van der Waals surface area (Å²) < 4.78 is 5.45. The molecule has 0 aliphatic heterocycles. The quantitative estimate of drug-likeness (QED) is 0.913. The van der Waals surface area contributed by atoms with Crippen LogP contribution in [0.1, 0.15) is 17.7 Å². The molecule has 0 atom stereocenters. The summed E-state index contributed by atoms with van der Waals surface area (Å²) in [6, 6.07) is 5.88. The average molecular weight is 287 g/mol. The van der Waals surface area contributed by atoms with Gasteiger partial charge in [0, 0.05) is 42.8 Å². The number of methoxy groups -OCH3 is 1. The van der Waals surface area contributed by atoms with Gasteiger partial charge < -0.3 is 15.4 Å². The summed E-state index contributed by atoms with van der Waals surface area (Å²) in [5.74, 6) is 0.443. The minimum Gasteiger partial charge on any atom is -0.496 e. The second-order valence-corrected chi connectivity index (χ2v) is 5.28. The zero-order chi connectivity index (χ0) is 15.6. The maximum absolute atomic E-state index is 11.1. The van der Waals surface area contributed by atoms with Crippen molar-refractivity contribution in [2.24, 2.45) is 5.73 Å². The summed E-state index contributed by atoms with van der Waals surface area (Å²) >= 11 is 0. The highest BCUT2D eigenvalue weighted by molar-refractivity contribution is 5.96. The van der Waals surface area contributed by atoms with E-state index in [0.29, 0.717) is 6.42 Å². The number of aromatic nitrogens is 1. The van der Waals surface area contributed by atoms with Gasteiger partial charge in [-0.2, -0.15) is 0 Å². The van der Waals surface area contributed by atoms with Crippen molar-refractivity contribution in [2.45, 2.75) is 19.8 Å². The van der Waals surface area contributed by atoms with Crippen LogP contribution in [0.4, 0.5) is 5.69 Å². The van der Waals surface area contributed by atoms with Crippen LogP contribution in [0.3, 0.4) is 0 Å². The number of nitrogens with zero attached hydrogens (tertiary/aromatic N) is 2. The number of anilines is 1. The maximum Gasteiger partial charge on any atom is 0.217 e. The summed E-state index contributed by atoms with van der Waals surface area (Å²) in [6.45, 7) is 1.97. The SMILES string of the molecule is COc1ccc2nc(C)cc(N(C)C)c2c1CCC(N)=O. The maximum atomic E-state index is 11.1. The number of amides is 1. The zero-order valence-electron chi connectivity index (χ0n) is 12.9. The van der Waals surface area contributed by atoms with Crippen LogP contribution in [-0.2, 0) is 11.2 Å². The van der Waals surface area contributed by atoms with E-state index in [0.717, 1.165) is 33.6 Å². The molecule has 0 aliphatic rings. The van der Waals surface area contributed by atoms with Gasteiger partial charge in [0.05, 0.1) is 12.6 Å². The molecular formula is C16H21N3O2. The highest BCUT2D eigenvalue weighted by Crippen LogP contribution is 2.35. The Morgan fingerprint density at radius 1 is 1.38 bits per heavy atom. The number of carbonyl (C=O) groups excluding carboxylic acids is 1. The zero-order valence-corrected chi connectivity index (χ0v) is 12.9. The molecule has 1 heterocycles. The third-order valence-electron chi connectivity index (χ3n) is 3.47. The summed E-state index contributed by atoms with van der Waals surface area (Å²) in [4.78, 5) is 17.8. The van der Waals surface area contributed by atoms with Crippen molar-refractivity contribution in [1.29, 1.82) is 0 Å². The lowest BCUT2D eigenvalue weighted by Gasteiger charge is -2.20. The molecule has 2 rings (SSSR count). The van der Waals surface area contributed by atoms with Gasteiger partial charge in [-0.1, -0.05) is 0 Å². The van der Waals surface area contributed by atoms with Crippen LogP contribution < -0.4 is 15.4 Å². The molecule has 21 heavy (non-hydrogen) atoms. The molecule has 1 aromatic carbocycles. The van der Waals surface area contributed by atoms with Crippen LogP contribution in [0.25, 0.3) is 10.9 Å². The molecule has 5 nitrogen and oxygen atoms in total. The van der Waals surface area contributed by atoms with Crippen molar-refractivity contribution in [3.05, 3.63) is 29.5 Å². The van der Waals surface area contributed by atoms with E-state index in [1.165, 1.54) is 0 Å². The smallest absolute Gasteiger partial charge is 0.217 e. The molecule has 2 N–H and O–H groups in total. The predicted molar refractivity (Wildman–Crippen MR) is 84.9 cm³/mol. The van der Waals surface area contributed by atoms with Gasteiger partial charge in [0.25, 0.3) is 0 Å². The fraction of sp³-hybridized carbons (Fsp3) is 0.375. The highest BCUT2D eigenvalue weighted by atomic mass is 16.5. The summed E-state index contributed by atoms with van der Waals surface area (Å²) in [5.41, 5.74) is 9.19. The molecule has 5 heteroatoms. The summed E-state index contributed by atoms with van der Waals surface area (Å²) in [6.07, 6.45) is 0.831. The first kappa shape index (κ1) is 15.1. The molecule has 0 bridgehead atoms. The highest BCUT2D eigenvalue weighted by Gasteiger charge is 2.15. The number of hydrogen-bond acceptors (Lipinski definition) is 4. The van der Waals surface area contributed by atoms with Crippen molar-refractivity contribution in [2.75, 3.05) is 26.1 Å². The van der Waals surface area contributed by atoms with E-state index in [4.69, 9.17) is 10.5 Å². The first-order valence-electron chi connectivity index (χ1n) is 6.87. The minimum atomic E-state index is -0.319. The molecule has 2 aromatic rings. The van der Waals surface area contributed by atoms with Crippen LogP contribution in [-0.4, -0.2) is 32.1 Å². The Bertz CT molecular complexity index is 681. The average Bonchev–Trinajstić information content (AvgIpc) is 2.43. The number of aryl methyl sites for hydroxylation is 2. The van der Waals surface area contributed by atoms with Gasteiger partial charge in [0.15, 0.2) is 0 Å². The summed E-state index contributed by atoms with van der Waals surface area (Å²) in [7, 11) is 5.61. The molecule has 0 saturated heterocycles. The van der Waals surface area contributed by atoms with Crippen molar-refractivity contribution in [3.63, 3.8) is 0 Å². The molecular weight excluding hydrogens is 266 g/mol. The molecule has 0 aliphatic carbocycles. The molecule has 0 unspecified atom stereocenters. The van der Waals surface area contributed by atoms with E-state index in [1.807, 2.05) is 44.1 Å². The lowest BCUT2D eigenvalue weighted by atomic mass is 10.00. The standard InChI is InChI=1S/C16H21N3O2/c1-10-9-13(19(2)3)16-11(5-8-15(17)20)14(21-4)7-6-12(16)18-10/h6-7,9H,5,8H2,1-4H3,(H2,17,20). The summed E-state index contributed by atoms with van der Waals surface area (Å²) in [5, 5.41) is 1.02. The monoisotopic (exact) mass is 287 g/mol. The molecule has 0 radical (unpaired) electrons. The lowest BCUT2D eigenvalue weighted by Crippen LogP contribution is -2.13. The van der Waals surface area contributed by atoms with E-state index < -0.39 is 0 Å². The fourth-order valence-corrected chi connectivity index (χ4v) is 2.53. The fourth-order valence-electron chi connectivity index (χ4n) is 2.53. The van der Waals surface area contributed by atoms with E-state index in [1.54, 1.807) is 7.11 Å². The van der Waals surface area contributed by atoms with Gasteiger partial charge in [-0.3, -0.25) is 9.78 Å². The largest absolute Gasteiger partial charge is 0.496 e. The van der Waals surface area contributed by atoms with Crippen molar-refractivity contribution < 1.29 is 9.53 Å². The normalized spacial score (nSPS) is 10.7. The lowest BCUT2D eigenvalue weighted by molar-refractivity contribution is -0.117. The number of pyridine rings is 1. The predicted octanol–water partition coefficient (Wildman–Crippen LogP) is 2.04. The van der Waals surface area contributed by atoms with E-state index in [9.17, 15) is 4.79 Å². The molecule has 0 saturated carbocycles. The van der Waals surface area contributed by atoms with Gasteiger partial charge >= 0.3 is 0 Å². The van der Waals surface area contributed by atoms with Crippen molar-refractivity contribution in [3.8, 4) is 5.75 Å². The molecule has 0 fully saturated rings. The van der Waals surface area contributed by atoms with Gasteiger partial charge in [-0.15, -0.1) is 0 Å². The third kappa shape index (κ3) is 3.07. The molecule has 1 aromatic heterocycles. The van der Waals surface area contributed by atoms with E-state index in [2.05, 4.69) is 4.98 Å². The topological polar surface area (TPSA) is 68.4 Å². The first-order valence-corrected chi connectivity index (χ1v) is 6.87. The number of hydrogen-bond donors (Lipinski definition) is 1. The molecule has 112 valence electrons. The number of rotatable bonds is 5. The van der Waals surface area contributed by atoms with Crippen molar-refractivity contribution >= 4 is 22.5 Å². The second-order valence-electron chi connectivity index (χ2n) is 5.28. The Kier molecular flexibility index (Phi) is 4.31. The molecule has 0 spiro atoms. The van der Waals surface area contributed by atoms with Crippen LogP contribution in [0.15, 0.2) is 18.2 Å². The van der Waals surface area contributed by atoms with Gasteiger partial charge in [-0.25, -0.2) is 0 Å². The van der Waals surface area contributed by atoms with Crippen LogP contribution in [0.2, 0.25) is 0 Å². The van der Waals surface area contributed by atoms with Crippen LogP contribution >= 0.6 is 0 Å². The number of carbonyl (C=O) groups is 1. The van der Waals surface area contributed by atoms with E-state index in [-0.39, 0.29) is 12.3 Å². The third-order valence-corrected chi connectivity index (χ3v) is 3.47. The second kappa shape index (κ2) is 5.99. The van der Waals surface area contributed by atoms with Gasteiger partial charge in [0.2, 0.25) is 5.91 Å². The number of benzene rings is 1. The number of fused-ring (bicyclic) bond motifs is 1. The van der Waals surface area contributed by atoms with Gasteiger partial charge in [-0.05, 0) is 31.5 Å². The minimum absolute atomic E-state index is 0.288. The van der Waals surface area contributed by atoms with E-state index >= 15 is 0 Å². The van der Waals surface area contributed by atoms with Crippen molar-refractivity contribution in [1.82, 2.24) is 4.98 Å². The molecule has 1 amide bonds. The Morgan fingerprint density at radius 2 is 2.10 bits per heavy atom. The Morgan fingerprint density at radius 3 is 2.67 bits per heavy atom. The first-order chi connectivity index (χ1) is 9.93. The Balaban J connectivity index is 2.73. The Hall–Kier alpha value is -2.30. The van der Waals surface area contributed by atoms with Gasteiger partial charge in [0.1, 0.15) is 5.75 Å². The Labute approximate surface area is 124 Å². The number of ether oxygens (including phenoxy) is 1. The number of primary amides is 1. The van der Waals surface area contributed by atoms with Crippen LogP contribution in [0.5, 0.6) is 5.75 Å². The number of nitrogens with two attached hydrogens (primary N) is 1. The van der Waals surface area contributed by atoms with Crippen LogP contribution in [0, 0.1) is 6.92 Å².